The van der Waals surface area contributed by atoms with Gasteiger partial charge >= 0.3 is 0 Å². The number of pyridine rings is 1. The van der Waals surface area contributed by atoms with Gasteiger partial charge in [0.15, 0.2) is 0 Å². The highest BCUT2D eigenvalue weighted by Gasteiger charge is 2.40. The number of fused-ring (bicyclic) bond motifs is 15. The molecule has 3 aromatic heterocycles. The van der Waals surface area contributed by atoms with Gasteiger partial charge < -0.3 is 4.74 Å². The fourth-order valence-electron chi connectivity index (χ4n) is 10.6. The molecule has 1 aliphatic heterocycles. The summed E-state index contributed by atoms with van der Waals surface area (Å²) in [6, 6.07) is 43.5. The molecule has 2 aliphatic carbocycles. The number of hydrogen-bond acceptors (Lipinski definition) is 3. The van der Waals surface area contributed by atoms with Crippen LogP contribution in [-0.4, -0.2) is 27.0 Å². The van der Waals surface area contributed by atoms with E-state index >= 15 is 0 Å². The number of benzene rings is 7. The standard InChI is InChI=1S/C57H46N4OSi/c1-34-27-28-52-51(30-34)62-56-53(63(52,3)4)33-50(61-49-26-14-13-25-48(49)60-47-24-12-11-23-46(47)59-57(60)61)35(2)54(56)45-32-44-39-20-9-10-21-40(39)55-41(22-15-29-58-55)37-18-7-8-19-38(37)43(44)31-42(45)36-16-5-6-17-36/h7-15,18-33,36H,5-6,16-17H2,1-4H3/i1D3,2D3,3D3,4D3,36D. The number of ether oxygens (including phenoxy) is 1. The van der Waals surface area contributed by atoms with Gasteiger partial charge in [0.05, 0.1) is 33.4 Å². The summed E-state index contributed by atoms with van der Waals surface area (Å²) in [4.78, 5) is 10.1. The van der Waals surface area contributed by atoms with Gasteiger partial charge in [-0.3, -0.25) is 14.0 Å². The lowest BCUT2D eigenvalue weighted by Crippen LogP contribution is -2.56. The van der Waals surface area contributed by atoms with Crippen molar-refractivity contribution in [3.05, 3.63) is 168 Å². The third-order valence-electron chi connectivity index (χ3n) is 13.4. The number of para-hydroxylation sites is 4. The normalized spacial score (nSPS) is 19.3. The molecule has 0 saturated heterocycles. The van der Waals surface area contributed by atoms with Crippen molar-refractivity contribution < 1.29 is 22.6 Å². The molecule has 0 amide bonds. The molecule has 0 radical (unpaired) electrons. The second kappa shape index (κ2) is 13.5. The Labute approximate surface area is 386 Å². The van der Waals surface area contributed by atoms with Gasteiger partial charge in [0.25, 0.3) is 0 Å². The lowest BCUT2D eigenvalue weighted by Gasteiger charge is -2.36. The summed E-state index contributed by atoms with van der Waals surface area (Å²) in [5, 5.41) is -0.401. The molecule has 0 atom stereocenters. The van der Waals surface area contributed by atoms with Crippen LogP contribution in [0.2, 0.25) is 13.0 Å². The molecular formula is C57H46N4OSi. The van der Waals surface area contributed by atoms with E-state index in [0.29, 0.717) is 64.6 Å². The minimum Gasteiger partial charge on any atom is -0.457 e. The molecular weight excluding hydrogens is 785 g/mol. The molecule has 0 bridgehead atoms. The van der Waals surface area contributed by atoms with Crippen molar-refractivity contribution in [2.24, 2.45) is 0 Å². The van der Waals surface area contributed by atoms with Crippen molar-refractivity contribution in [3.8, 4) is 73.0 Å². The van der Waals surface area contributed by atoms with E-state index in [1.54, 1.807) is 16.8 Å². The summed E-state index contributed by atoms with van der Waals surface area (Å²) < 4.78 is 133. The minimum atomic E-state index is -5.41. The summed E-state index contributed by atoms with van der Waals surface area (Å²) in [5.41, 5.74) is 8.75. The topological polar surface area (TPSA) is 44.4 Å². The maximum atomic E-state index is 10.6. The Balaban J connectivity index is 1.29. The van der Waals surface area contributed by atoms with Gasteiger partial charge in [-0.1, -0.05) is 117 Å². The molecule has 4 heterocycles. The number of imidazole rings is 2. The Morgan fingerprint density at radius 2 is 1.33 bits per heavy atom. The van der Waals surface area contributed by atoms with Gasteiger partial charge in [-0.2, -0.15) is 0 Å². The van der Waals surface area contributed by atoms with E-state index in [1.165, 1.54) is 24.3 Å². The van der Waals surface area contributed by atoms with E-state index < -0.39 is 40.6 Å². The maximum absolute atomic E-state index is 10.6. The monoisotopic (exact) mass is 843 g/mol. The van der Waals surface area contributed by atoms with Gasteiger partial charge in [-0.25, -0.2) is 4.98 Å². The van der Waals surface area contributed by atoms with Crippen LogP contribution in [0.15, 0.2) is 152 Å². The van der Waals surface area contributed by atoms with Crippen LogP contribution < -0.4 is 15.1 Å². The average molecular weight is 844 g/mol. The molecule has 0 spiro atoms. The third-order valence-corrected chi connectivity index (χ3v) is 15.8. The molecule has 304 valence electrons. The molecule has 7 aromatic carbocycles. The molecule has 63 heavy (non-hydrogen) atoms. The molecule has 10 aromatic rings. The summed E-state index contributed by atoms with van der Waals surface area (Å²) in [6.45, 7) is -12.4. The zero-order chi connectivity index (χ0) is 53.1. The molecule has 5 nitrogen and oxygen atoms in total. The van der Waals surface area contributed by atoms with E-state index in [4.69, 9.17) is 18.8 Å². The van der Waals surface area contributed by atoms with E-state index in [1.807, 2.05) is 120 Å². The lowest BCUT2D eigenvalue weighted by atomic mass is 9.78. The minimum absolute atomic E-state index is 0.0428. The van der Waals surface area contributed by atoms with Crippen LogP contribution in [0.1, 0.15) is 66.1 Å². The summed E-state index contributed by atoms with van der Waals surface area (Å²) in [7, 11) is -5.41. The summed E-state index contributed by atoms with van der Waals surface area (Å²) >= 11 is 0. The average Bonchev–Trinajstić information content (AvgIpc) is 4.22. The highest BCUT2D eigenvalue weighted by molar-refractivity contribution is 7.01. The SMILES string of the molecule is [2H]C([2H])([2H])c1ccc2c(c1)Oc1c(cc(-n3c4ccccc4n4c5ccccc5nc34)c(C([2H])([2H])[2H])c1-c1cc3c(cc1C1([2H])CCCC1)-c1ccccc1-c1cccnc1-c1ccccc1-3)[Si]2(C([2H])([2H])[2H])C([2H])([2H])[2H]. The van der Waals surface area contributed by atoms with E-state index in [0.717, 1.165) is 33.4 Å². The van der Waals surface area contributed by atoms with Crippen LogP contribution in [0, 0.1) is 13.7 Å². The Hall–Kier alpha value is -7.02. The first-order valence-electron chi connectivity index (χ1n) is 27.9. The second-order valence-electron chi connectivity index (χ2n) is 16.9. The Bertz CT molecular complexity index is 4070. The predicted octanol–water partition coefficient (Wildman–Crippen LogP) is 13.7. The van der Waals surface area contributed by atoms with Crippen molar-refractivity contribution in [1.29, 1.82) is 0 Å². The first-order chi connectivity index (χ1) is 36.1. The van der Waals surface area contributed by atoms with Crippen LogP contribution in [0.4, 0.5) is 0 Å². The van der Waals surface area contributed by atoms with Gasteiger partial charge in [-0.05, 0) is 147 Å². The molecule has 1 saturated carbocycles. The first-order valence-corrected chi connectivity index (χ1v) is 23.4. The van der Waals surface area contributed by atoms with E-state index in [9.17, 15) is 13.7 Å². The van der Waals surface area contributed by atoms with Crippen LogP contribution in [-0.2, 0) is 0 Å². The molecule has 3 aliphatic rings. The third kappa shape index (κ3) is 5.22. The Morgan fingerprint density at radius 3 is 2.13 bits per heavy atom. The van der Waals surface area contributed by atoms with Gasteiger partial charge in [-0.15, -0.1) is 0 Å². The Morgan fingerprint density at radius 1 is 0.635 bits per heavy atom. The van der Waals surface area contributed by atoms with E-state index in [-0.39, 0.29) is 55.6 Å². The molecule has 0 unspecified atom stereocenters. The number of nitrogens with zero attached hydrogens (tertiary/aromatic N) is 4. The number of aryl methyl sites for hydroxylation is 1. The van der Waals surface area contributed by atoms with Crippen LogP contribution >= 0.6 is 0 Å². The maximum Gasteiger partial charge on any atom is 0.220 e. The number of rotatable bonds is 3. The Kier molecular flexibility index (Phi) is 5.52. The smallest absolute Gasteiger partial charge is 0.220 e. The second-order valence-corrected chi connectivity index (χ2v) is 19.5. The van der Waals surface area contributed by atoms with Crippen molar-refractivity contribution in [2.75, 3.05) is 0 Å². The largest absolute Gasteiger partial charge is 0.457 e. The number of aromatic nitrogens is 4. The number of hydrogen-bond donors (Lipinski definition) is 0. The summed E-state index contributed by atoms with van der Waals surface area (Å²) in [6.07, 6.45) is 3.92. The zero-order valence-electron chi connectivity index (χ0n) is 47.0. The van der Waals surface area contributed by atoms with Crippen molar-refractivity contribution in [1.82, 2.24) is 18.9 Å². The van der Waals surface area contributed by atoms with Crippen molar-refractivity contribution >= 4 is 46.3 Å². The van der Waals surface area contributed by atoms with Gasteiger partial charge in [0.2, 0.25) is 5.78 Å². The first kappa shape index (κ1) is 25.8. The molecule has 13 rings (SSSR count). The van der Waals surface area contributed by atoms with Crippen LogP contribution in [0.5, 0.6) is 11.5 Å². The lowest BCUT2D eigenvalue weighted by molar-refractivity contribution is 0.487. The fourth-order valence-corrected chi connectivity index (χ4v) is 12.5. The van der Waals surface area contributed by atoms with Crippen LogP contribution in [0.25, 0.3) is 89.3 Å². The van der Waals surface area contributed by atoms with E-state index in [2.05, 4.69) is 0 Å². The van der Waals surface area contributed by atoms with Crippen molar-refractivity contribution in [2.45, 2.75) is 58.2 Å². The highest BCUT2D eigenvalue weighted by Crippen LogP contribution is 2.53. The molecule has 1 fully saturated rings. The highest BCUT2D eigenvalue weighted by atomic mass is 28.3. The van der Waals surface area contributed by atoms with Crippen LogP contribution in [0.3, 0.4) is 0 Å². The molecule has 0 N–H and O–H groups in total. The summed E-state index contributed by atoms with van der Waals surface area (Å²) in [5.74, 6) is -1.67. The van der Waals surface area contributed by atoms with Gasteiger partial charge in [0, 0.05) is 40.7 Å². The predicted molar refractivity (Wildman–Crippen MR) is 262 cm³/mol. The fraction of sp³-hybridized carbons (Fsp3) is 0.158. The zero-order valence-corrected chi connectivity index (χ0v) is 35.0. The van der Waals surface area contributed by atoms with Gasteiger partial charge in [0.1, 0.15) is 19.6 Å². The molecule has 6 heteroatoms. The van der Waals surface area contributed by atoms with Crippen molar-refractivity contribution in [3.63, 3.8) is 0 Å². The quantitative estimate of drug-likeness (QED) is 0.166.